The molecule has 2 aromatic rings. The summed E-state index contributed by atoms with van der Waals surface area (Å²) in [6, 6.07) is 6.48. The van der Waals surface area contributed by atoms with Crippen molar-refractivity contribution >= 4 is 74.6 Å². The van der Waals surface area contributed by atoms with Gasteiger partial charge in [0, 0.05) is 26.2 Å². The third kappa shape index (κ3) is 3.65. The lowest BCUT2D eigenvalue weighted by atomic mass is 10.4. The van der Waals surface area contributed by atoms with E-state index in [1.54, 1.807) is 24.3 Å². The molecular formula is C12H12Br2N2O4S4. The highest BCUT2D eigenvalue weighted by Gasteiger charge is 2.34. The largest absolute Gasteiger partial charge is 0.252 e. The number of thiophene rings is 2. The van der Waals surface area contributed by atoms with Crippen molar-refractivity contribution < 1.29 is 16.8 Å². The summed E-state index contributed by atoms with van der Waals surface area (Å²) in [5.41, 5.74) is 0. The normalized spacial score (nSPS) is 18.1. The number of halogens is 2. The maximum atomic E-state index is 12.6. The molecule has 0 aromatic carbocycles. The molecule has 2 aromatic heterocycles. The molecule has 132 valence electrons. The van der Waals surface area contributed by atoms with Gasteiger partial charge in [-0.2, -0.15) is 8.61 Å². The lowest BCUT2D eigenvalue weighted by Crippen LogP contribution is -2.50. The number of rotatable bonds is 4. The van der Waals surface area contributed by atoms with Crippen molar-refractivity contribution in [2.45, 2.75) is 8.42 Å². The second-order valence-corrected chi connectivity index (χ2v) is 14.2. The van der Waals surface area contributed by atoms with Crippen molar-refractivity contribution in [2.75, 3.05) is 26.2 Å². The zero-order valence-corrected chi connectivity index (χ0v) is 18.5. The van der Waals surface area contributed by atoms with Crippen LogP contribution >= 0.6 is 54.5 Å². The summed E-state index contributed by atoms with van der Waals surface area (Å²) in [7, 11) is -7.15. The monoisotopic (exact) mass is 534 g/mol. The van der Waals surface area contributed by atoms with Gasteiger partial charge in [-0.1, -0.05) is 0 Å². The minimum Gasteiger partial charge on any atom is -0.206 e. The van der Waals surface area contributed by atoms with E-state index >= 15 is 0 Å². The van der Waals surface area contributed by atoms with Gasteiger partial charge in [0.2, 0.25) is 0 Å². The lowest BCUT2D eigenvalue weighted by Gasteiger charge is -2.32. The first-order valence-corrected chi connectivity index (χ1v) is 12.8. The molecule has 0 amide bonds. The highest BCUT2D eigenvalue weighted by Crippen LogP contribution is 2.31. The number of piperazine rings is 1. The van der Waals surface area contributed by atoms with E-state index in [0.717, 1.165) is 30.2 Å². The molecule has 0 aliphatic carbocycles. The Kier molecular flexibility index (Phi) is 5.58. The molecule has 0 radical (unpaired) electrons. The van der Waals surface area contributed by atoms with Crippen molar-refractivity contribution in [3.63, 3.8) is 0 Å². The van der Waals surface area contributed by atoms with Crippen LogP contribution in [0.4, 0.5) is 0 Å². The molecule has 1 aliphatic rings. The van der Waals surface area contributed by atoms with Crippen molar-refractivity contribution in [2.24, 2.45) is 0 Å². The molecule has 1 aliphatic heterocycles. The molecule has 0 spiro atoms. The van der Waals surface area contributed by atoms with Gasteiger partial charge in [0.25, 0.3) is 20.0 Å². The van der Waals surface area contributed by atoms with Crippen molar-refractivity contribution in [3.8, 4) is 0 Å². The molecule has 0 saturated carbocycles. The van der Waals surface area contributed by atoms with Crippen molar-refractivity contribution in [1.82, 2.24) is 8.61 Å². The van der Waals surface area contributed by atoms with Crippen LogP contribution in [0.2, 0.25) is 0 Å². The Bertz CT molecular complexity index is 865. The number of hydrogen-bond acceptors (Lipinski definition) is 6. The fourth-order valence-electron chi connectivity index (χ4n) is 2.28. The number of sulfonamides is 2. The maximum absolute atomic E-state index is 12.6. The third-order valence-corrected chi connectivity index (χ3v) is 11.5. The minimum absolute atomic E-state index is 0.142. The van der Waals surface area contributed by atoms with Gasteiger partial charge in [0.05, 0.1) is 7.57 Å². The Labute approximate surface area is 165 Å². The van der Waals surface area contributed by atoms with Crippen LogP contribution in [0.3, 0.4) is 0 Å². The first-order valence-electron chi connectivity index (χ1n) is 6.72. The molecule has 0 bridgehead atoms. The summed E-state index contributed by atoms with van der Waals surface area (Å²) in [6.07, 6.45) is 0. The van der Waals surface area contributed by atoms with Crippen LogP contribution in [-0.2, 0) is 20.0 Å². The highest BCUT2D eigenvalue weighted by molar-refractivity contribution is 9.11. The fourth-order valence-corrected chi connectivity index (χ4v) is 9.45. The van der Waals surface area contributed by atoms with Crippen LogP contribution in [0.1, 0.15) is 0 Å². The molecule has 1 fully saturated rings. The predicted molar refractivity (Wildman–Crippen MR) is 102 cm³/mol. The fraction of sp³-hybridized carbons (Fsp3) is 0.333. The molecule has 12 heteroatoms. The van der Waals surface area contributed by atoms with Crippen LogP contribution < -0.4 is 0 Å². The molecule has 24 heavy (non-hydrogen) atoms. The summed E-state index contributed by atoms with van der Waals surface area (Å²) < 4.78 is 55.0. The first kappa shape index (κ1) is 19.0. The zero-order valence-electron chi connectivity index (χ0n) is 12.1. The Balaban J connectivity index is 1.74. The summed E-state index contributed by atoms with van der Waals surface area (Å²) in [4.78, 5) is 0. The van der Waals surface area contributed by atoms with E-state index in [1.165, 1.54) is 8.61 Å². The van der Waals surface area contributed by atoms with Gasteiger partial charge in [-0.05, 0) is 56.1 Å². The molecule has 3 rings (SSSR count). The quantitative estimate of drug-likeness (QED) is 0.603. The lowest BCUT2D eigenvalue weighted by molar-refractivity contribution is 0.273. The van der Waals surface area contributed by atoms with E-state index in [1.807, 2.05) is 0 Å². The molecule has 6 nitrogen and oxygen atoms in total. The van der Waals surface area contributed by atoms with Gasteiger partial charge in [0.1, 0.15) is 8.42 Å². The van der Waals surface area contributed by atoms with E-state index in [4.69, 9.17) is 0 Å². The standard InChI is InChI=1S/C12H12Br2N2O4S4/c13-9-1-3-11(21-9)23(17,18)15-5-7-16(8-6-15)24(19,20)12-4-2-10(14)22-12/h1-4H,5-8H2. The summed E-state index contributed by atoms with van der Waals surface area (Å²) >= 11 is 8.81. The maximum Gasteiger partial charge on any atom is 0.252 e. The molecule has 0 N–H and O–H groups in total. The number of nitrogens with zero attached hydrogens (tertiary/aromatic N) is 2. The predicted octanol–water partition coefficient (Wildman–Crippen LogP) is 3.03. The van der Waals surface area contributed by atoms with Gasteiger partial charge >= 0.3 is 0 Å². The Morgan fingerprint density at radius 3 is 1.29 bits per heavy atom. The second kappa shape index (κ2) is 7.06. The van der Waals surface area contributed by atoms with E-state index in [-0.39, 0.29) is 34.6 Å². The Morgan fingerprint density at radius 1 is 0.708 bits per heavy atom. The molecule has 0 atom stereocenters. The van der Waals surface area contributed by atoms with E-state index in [9.17, 15) is 16.8 Å². The van der Waals surface area contributed by atoms with Gasteiger partial charge in [-0.3, -0.25) is 0 Å². The van der Waals surface area contributed by atoms with E-state index in [0.29, 0.717) is 0 Å². The molecule has 1 saturated heterocycles. The SMILES string of the molecule is O=S(=O)(c1ccc(Br)s1)N1CCN(S(=O)(=O)c2ccc(Br)s2)CC1. The zero-order chi connectivity index (χ0) is 17.5. The van der Waals surface area contributed by atoms with Crippen LogP contribution in [0.5, 0.6) is 0 Å². The third-order valence-electron chi connectivity index (χ3n) is 3.48. The van der Waals surface area contributed by atoms with E-state index in [2.05, 4.69) is 31.9 Å². The molecule has 0 unspecified atom stereocenters. The average molecular weight is 536 g/mol. The van der Waals surface area contributed by atoms with Gasteiger partial charge in [-0.25, -0.2) is 16.8 Å². The first-order chi connectivity index (χ1) is 11.2. The smallest absolute Gasteiger partial charge is 0.206 e. The summed E-state index contributed by atoms with van der Waals surface area (Å²) in [5.74, 6) is 0. The van der Waals surface area contributed by atoms with Gasteiger partial charge in [-0.15, -0.1) is 22.7 Å². The van der Waals surface area contributed by atoms with E-state index < -0.39 is 20.0 Å². The highest BCUT2D eigenvalue weighted by atomic mass is 79.9. The second-order valence-electron chi connectivity index (χ2n) is 4.93. The van der Waals surface area contributed by atoms with Crippen LogP contribution in [0, 0.1) is 0 Å². The van der Waals surface area contributed by atoms with Gasteiger partial charge in [0.15, 0.2) is 0 Å². The number of hydrogen-bond donors (Lipinski definition) is 0. The van der Waals surface area contributed by atoms with Crippen LogP contribution in [0.25, 0.3) is 0 Å². The summed E-state index contributed by atoms with van der Waals surface area (Å²) in [6.45, 7) is 0.570. The Hall–Kier alpha value is 0.180. The molecular weight excluding hydrogens is 524 g/mol. The van der Waals surface area contributed by atoms with Crippen molar-refractivity contribution in [3.05, 3.63) is 31.8 Å². The molecule has 3 heterocycles. The average Bonchev–Trinajstić information content (AvgIpc) is 3.16. The van der Waals surface area contributed by atoms with Gasteiger partial charge < -0.3 is 0 Å². The summed E-state index contributed by atoms with van der Waals surface area (Å²) in [5, 5.41) is 0. The topological polar surface area (TPSA) is 74.8 Å². The van der Waals surface area contributed by atoms with Crippen LogP contribution in [0.15, 0.2) is 40.3 Å². The van der Waals surface area contributed by atoms with Crippen molar-refractivity contribution in [1.29, 1.82) is 0 Å². The Morgan fingerprint density at radius 2 is 1.04 bits per heavy atom. The minimum atomic E-state index is -3.58. The van der Waals surface area contributed by atoms with Crippen LogP contribution in [-0.4, -0.2) is 51.6 Å².